The fraction of sp³-hybridized carbons (Fsp3) is 0.667. The largest absolute Gasteiger partial charge is 1.00 e. The Morgan fingerprint density at radius 1 is 1.04 bits per heavy atom. The van der Waals surface area contributed by atoms with E-state index in [1.807, 2.05) is 0 Å². The van der Waals surface area contributed by atoms with Gasteiger partial charge in [-0.25, -0.2) is 8.42 Å². The first-order valence-corrected chi connectivity index (χ1v) is 10.2. The summed E-state index contributed by atoms with van der Waals surface area (Å²) < 4.78 is 33.0. The van der Waals surface area contributed by atoms with Crippen molar-refractivity contribution in [2.75, 3.05) is 0 Å². The number of ketones is 2. The second-order valence-corrected chi connectivity index (χ2v) is 7.60. The van der Waals surface area contributed by atoms with Crippen molar-refractivity contribution in [2.45, 2.75) is 71.1 Å². The maximum atomic E-state index is 12.1. The number of Topliss-reactive ketones (excluding diaryl/α,β-unsaturated/α-hetero) is 2. The van der Waals surface area contributed by atoms with Crippen LogP contribution < -0.4 is 29.6 Å². The monoisotopic (exact) mass is 378 g/mol. The average molecular weight is 378 g/mol. The molecule has 25 heavy (non-hydrogen) atoms. The number of carbonyl (C=O) groups excluding carboxylic acids is 2. The quantitative estimate of drug-likeness (QED) is 0.215. The molecule has 0 radical (unpaired) electrons. The SMILES string of the molecule is CCCCCCCCCCCC(=O)C1C=CC=C(S(=O)(=O)[O-])C1=O.[Na+]. The molecule has 0 amide bonds. The van der Waals surface area contributed by atoms with Gasteiger partial charge in [-0.05, 0) is 12.5 Å². The van der Waals surface area contributed by atoms with Crippen molar-refractivity contribution in [1.82, 2.24) is 0 Å². The standard InChI is InChI=1S/C18H28O5S.Na/c1-2-3-4-5-6-7-8-9-10-13-16(19)15-12-11-14-17(18(15)20)24(21,22)23;/h11-12,14-15H,2-10,13H2,1H3,(H,21,22,23);/q;+1/p-1. The molecule has 0 aromatic carbocycles. The molecule has 0 aromatic rings. The molecule has 5 nitrogen and oxygen atoms in total. The number of allylic oxidation sites excluding steroid dienone is 4. The van der Waals surface area contributed by atoms with Crippen LogP contribution in [-0.4, -0.2) is 24.5 Å². The summed E-state index contributed by atoms with van der Waals surface area (Å²) in [5.41, 5.74) is 0. The first-order chi connectivity index (χ1) is 11.4. The Kier molecular flexibility index (Phi) is 12.8. The Balaban J connectivity index is 0.00000576. The van der Waals surface area contributed by atoms with E-state index in [4.69, 9.17) is 0 Å². The molecule has 1 atom stereocenters. The summed E-state index contributed by atoms with van der Waals surface area (Å²) in [5.74, 6) is -2.33. The van der Waals surface area contributed by atoms with Gasteiger partial charge in [0, 0.05) is 6.42 Å². The predicted octanol–water partition coefficient (Wildman–Crippen LogP) is 0.665. The van der Waals surface area contributed by atoms with E-state index < -0.39 is 26.7 Å². The van der Waals surface area contributed by atoms with Gasteiger partial charge in [-0.15, -0.1) is 0 Å². The van der Waals surface area contributed by atoms with Gasteiger partial charge in [0.15, 0.2) is 5.78 Å². The maximum absolute atomic E-state index is 12.1. The molecule has 0 N–H and O–H groups in total. The van der Waals surface area contributed by atoms with Gasteiger partial charge in [-0.2, -0.15) is 0 Å². The first-order valence-electron chi connectivity index (χ1n) is 8.79. The zero-order valence-corrected chi connectivity index (χ0v) is 18.1. The van der Waals surface area contributed by atoms with Crippen LogP contribution in [0.25, 0.3) is 0 Å². The Hall–Kier alpha value is -0.270. The van der Waals surface area contributed by atoms with Crippen LogP contribution >= 0.6 is 0 Å². The third kappa shape index (κ3) is 9.29. The third-order valence-electron chi connectivity index (χ3n) is 4.22. The average Bonchev–Trinajstić information content (AvgIpc) is 2.52. The van der Waals surface area contributed by atoms with E-state index in [9.17, 15) is 22.6 Å². The third-order valence-corrected chi connectivity index (χ3v) is 5.10. The fourth-order valence-electron chi connectivity index (χ4n) is 2.80. The van der Waals surface area contributed by atoms with Gasteiger partial charge in [-0.1, -0.05) is 70.4 Å². The van der Waals surface area contributed by atoms with E-state index in [2.05, 4.69) is 6.92 Å². The van der Waals surface area contributed by atoms with Crippen LogP contribution in [-0.2, 0) is 19.7 Å². The summed E-state index contributed by atoms with van der Waals surface area (Å²) in [4.78, 5) is 23.2. The van der Waals surface area contributed by atoms with Gasteiger partial charge in [0.1, 0.15) is 15.9 Å². The molecule has 1 aliphatic carbocycles. The van der Waals surface area contributed by atoms with E-state index >= 15 is 0 Å². The van der Waals surface area contributed by atoms with E-state index in [0.717, 1.165) is 25.3 Å². The van der Waals surface area contributed by atoms with Gasteiger partial charge >= 0.3 is 29.6 Å². The van der Waals surface area contributed by atoms with Crippen LogP contribution in [0, 0.1) is 5.92 Å². The van der Waals surface area contributed by atoms with Crippen LogP contribution in [0.4, 0.5) is 0 Å². The molecule has 1 rings (SSSR count). The summed E-state index contributed by atoms with van der Waals surface area (Å²) in [6.45, 7) is 2.19. The fourth-order valence-corrected chi connectivity index (χ4v) is 3.42. The number of hydrogen-bond acceptors (Lipinski definition) is 5. The van der Waals surface area contributed by atoms with Crippen LogP contribution in [0.2, 0.25) is 0 Å². The molecular weight excluding hydrogens is 351 g/mol. The normalized spacial score (nSPS) is 17.1. The van der Waals surface area contributed by atoms with E-state index in [1.54, 1.807) is 0 Å². The molecule has 1 unspecified atom stereocenters. The molecule has 0 saturated heterocycles. The minimum Gasteiger partial charge on any atom is -0.744 e. The zero-order valence-electron chi connectivity index (χ0n) is 15.3. The minimum atomic E-state index is -4.83. The molecule has 0 aliphatic heterocycles. The predicted molar refractivity (Wildman–Crippen MR) is 92.3 cm³/mol. The van der Waals surface area contributed by atoms with Crippen LogP contribution in [0.5, 0.6) is 0 Å². The molecule has 0 saturated carbocycles. The Labute approximate surface area is 173 Å². The van der Waals surface area contributed by atoms with Gasteiger partial charge < -0.3 is 4.55 Å². The number of unbranched alkanes of at least 4 members (excludes halogenated alkanes) is 8. The molecule has 0 spiro atoms. The summed E-state index contributed by atoms with van der Waals surface area (Å²) in [5, 5.41) is 0. The van der Waals surface area contributed by atoms with E-state index in [-0.39, 0.29) is 41.8 Å². The van der Waals surface area contributed by atoms with Crippen molar-refractivity contribution < 1.29 is 52.1 Å². The van der Waals surface area contributed by atoms with Gasteiger partial charge in [-0.3, -0.25) is 9.59 Å². The molecule has 0 bridgehead atoms. The maximum Gasteiger partial charge on any atom is 1.00 e. The van der Waals surface area contributed by atoms with Crippen LogP contribution in [0.15, 0.2) is 23.1 Å². The second-order valence-electron chi connectivity index (χ2n) is 6.26. The number of carbonyl (C=O) groups is 2. The Morgan fingerprint density at radius 2 is 1.56 bits per heavy atom. The molecule has 136 valence electrons. The van der Waals surface area contributed by atoms with Crippen molar-refractivity contribution in [3.05, 3.63) is 23.1 Å². The van der Waals surface area contributed by atoms with Crippen molar-refractivity contribution >= 4 is 21.7 Å². The Bertz CT molecular complexity index is 593. The molecule has 1 aliphatic rings. The van der Waals surface area contributed by atoms with Gasteiger partial charge in [0.2, 0.25) is 0 Å². The van der Waals surface area contributed by atoms with Crippen molar-refractivity contribution in [1.29, 1.82) is 0 Å². The summed E-state index contributed by atoms with van der Waals surface area (Å²) in [6.07, 6.45) is 14.0. The summed E-state index contributed by atoms with van der Waals surface area (Å²) in [7, 11) is -4.83. The van der Waals surface area contributed by atoms with Crippen LogP contribution in [0.3, 0.4) is 0 Å². The smallest absolute Gasteiger partial charge is 0.744 e. The van der Waals surface area contributed by atoms with Crippen LogP contribution in [0.1, 0.15) is 71.1 Å². The first kappa shape index (κ1) is 24.7. The summed E-state index contributed by atoms with van der Waals surface area (Å²) in [6, 6.07) is 0. The van der Waals surface area contributed by atoms with Crippen molar-refractivity contribution in [3.63, 3.8) is 0 Å². The molecule has 0 aromatic heterocycles. The molecular formula is C18H27NaO5S. The minimum absolute atomic E-state index is 0. The molecule has 0 fully saturated rings. The Morgan fingerprint density at radius 3 is 2.08 bits per heavy atom. The number of hydrogen-bond donors (Lipinski definition) is 0. The molecule has 0 heterocycles. The van der Waals surface area contributed by atoms with Crippen molar-refractivity contribution in [2.24, 2.45) is 5.92 Å². The van der Waals surface area contributed by atoms with Gasteiger partial charge in [0.25, 0.3) is 0 Å². The zero-order chi connectivity index (χ0) is 18.0. The summed E-state index contributed by atoms with van der Waals surface area (Å²) >= 11 is 0. The number of rotatable bonds is 12. The molecule has 7 heteroatoms. The van der Waals surface area contributed by atoms with E-state index in [1.165, 1.54) is 44.3 Å². The van der Waals surface area contributed by atoms with Crippen molar-refractivity contribution in [3.8, 4) is 0 Å². The topological polar surface area (TPSA) is 91.3 Å². The van der Waals surface area contributed by atoms with Gasteiger partial charge in [0.05, 0.1) is 10.8 Å². The van der Waals surface area contributed by atoms with E-state index in [0.29, 0.717) is 6.42 Å². The second kappa shape index (κ2) is 13.0.